The lowest BCUT2D eigenvalue weighted by molar-refractivity contribution is 0.935. The van der Waals surface area contributed by atoms with Crippen LogP contribution in [0.25, 0.3) is 10.9 Å². The summed E-state index contributed by atoms with van der Waals surface area (Å²) in [6, 6.07) is 5.30. The smallest absolute Gasteiger partial charge is 0.258 e. The molecule has 0 radical (unpaired) electrons. The summed E-state index contributed by atoms with van der Waals surface area (Å²) in [6.07, 6.45) is 0. The van der Waals surface area contributed by atoms with Gasteiger partial charge in [0.2, 0.25) is 0 Å². The highest BCUT2D eigenvalue weighted by Crippen LogP contribution is 2.26. The van der Waals surface area contributed by atoms with Gasteiger partial charge in [0.1, 0.15) is 11.6 Å². The van der Waals surface area contributed by atoms with Gasteiger partial charge in [-0.1, -0.05) is 27.7 Å². The fourth-order valence-corrected chi connectivity index (χ4v) is 4.14. The summed E-state index contributed by atoms with van der Waals surface area (Å²) in [5.74, 6) is 1.42. The summed E-state index contributed by atoms with van der Waals surface area (Å²) in [5.41, 5.74) is 6.95. The first kappa shape index (κ1) is 16.4. The predicted octanol–water partition coefficient (Wildman–Crippen LogP) is 3.42. The Kier molecular flexibility index (Phi) is 4.69. The van der Waals surface area contributed by atoms with Crippen LogP contribution in [-0.4, -0.2) is 19.9 Å². The predicted molar refractivity (Wildman–Crippen MR) is 98.5 cm³/mol. The van der Waals surface area contributed by atoms with Crippen molar-refractivity contribution in [3.63, 3.8) is 0 Å². The third kappa shape index (κ3) is 3.73. The molecule has 0 unspecified atom stereocenters. The number of nitrogens with two attached hydrogens (primary N) is 1. The van der Waals surface area contributed by atoms with Gasteiger partial charge in [-0.3, -0.25) is 4.79 Å². The molecule has 0 aliphatic rings. The third-order valence-corrected chi connectivity index (χ3v) is 4.89. The SMILES string of the molecule is Cc1cc(N)nc(SCc2nc3c(Br)cc(Br)cc3c(=O)[nH]2)n1. The number of thioether (sulfide) groups is 1. The maximum Gasteiger partial charge on any atom is 0.258 e. The van der Waals surface area contributed by atoms with Crippen molar-refractivity contribution in [3.8, 4) is 0 Å². The zero-order chi connectivity index (χ0) is 16.6. The Hall–Kier alpha value is -1.45. The number of benzene rings is 1. The molecular formula is C14H11Br2N5OS. The molecule has 1 aromatic carbocycles. The number of aryl methyl sites for hydroxylation is 1. The molecule has 0 fully saturated rings. The van der Waals surface area contributed by atoms with E-state index in [0.717, 1.165) is 14.6 Å². The number of nitrogens with zero attached hydrogens (tertiary/aromatic N) is 3. The number of H-pyrrole nitrogens is 1. The molecule has 0 amide bonds. The van der Waals surface area contributed by atoms with E-state index in [-0.39, 0.29) is 5.56 Å². The van der Waals surface area contributed by atoms with Gasteiger partial charge in [-0.25, -0.2) is 15.0 Å². The second kappa shape index (κ2) is 6.58. The Bertz CT molecular complexity index is 940. The van der Waals surface area contributed by atoms with Crippen LogP contribution in [0.1, 0.15) is 11.5 Å². The second-order valence-electron chi connectivity index (χ2n) is 4.80. The van der Waals surface area contributed by atoms with Gasteiger partial charge >= 0.3 is 0 Å². The molecule has 6 nitrogen and oxygen atoms in total. The lowest BCUT2D eigenvalue weighted by Crippen LogP contribution is -2.11. The van der Waals surface area contributed by atoms with Gasteiger partial charge in [0.05, 0.1) is 16.7 Å². The molecule has 0 aliphatic carbocycles. The molecule has 9 heteroatoms. The van der Waals surface area contributed by atoms with Crippen molar-refractivity contribution in [2.24, 2.45) is 0 Å². The lowest BCUT2D eigenvalue weighted by Gasteiger charge is -2.05. The molecule has 0 aliphatic heterocycles. The molecule has 118 valence electrons. The molecule has 0 atom stereocenters. The summed E-state index contributed by atoms with van der Waals surface area (Å²) in [6.45, 7) is 1.85. The molecule has 3 aromatic rings. The van der Waals surface area contributed by atoms with Gasteiger partial charge in [-0.05, 0) is 35.0 Å². The van der Waals surface area contributed by atoms with Crippen molar-refractivity contribution >= 4 is 60.3 Å². The van der Waals surface area contributed by atoms with E-state index in [1.165, 1.54) is 11.8 Å². The van der Waals surface area contributed by atoms with Gasteiger partial charge in [0, 0.05) is 20.7 Å². The van der Waals surface area contributed by atoms with Crippen molar-refractivity contribution in [1.29, 1.82) is 0 Å². The van der Waals surface area contributed by atoms with Crippen LogP contribution in [0.3, 0.4) is 0 Å². The van der Waals surface area contributed by atoms with Gasteiger partial charge in [0.25, 0.3) is 5.56 Å². The number of rotatable bonds is 3. The quantitative estimate of drug-likeness (QED) is 0.462. The minimum Gasteiger partial charge on any atom is -0.384 e. The molecule has 0 spiro atoms. The molecule has 0 bridgehead atoms. The normalized spacial score (nSPS) is 11.1. The first-order valence-electron chi connectivity index (χ1n) is 6.54. The van der Waals surface area contributed by atoms with Crippen LogP contribution >= 0.6 is 43.6 Å². The van der Waals surface area contributed by atoms with Crippen molar-refractivity contribution in [2.45, 2.75) is 17.8 Å². The summed E-state index contributed by atoms with van der Waals surface area (Å²) in [4.78, 5) is 28.0. The molecule has 0 saturated carbocycles. The number of hydrogen-bond donors (Lipinski definition) is 2. The Labute approximate surface area is 152 Å². The Morgan fingerprint density at radius 3 is 2.74 bits per heavy atom. The third-order valence-electron chi connectivity index (χ3n) is 2.97. The van der Waals surface area contributed by atoms with Crippen LogP contribution in [-0.2, 0) is 5.75 Å². The highest BCUT2D eigenvalue weighted by molar-refractivity contribution is 9.11. The zero-order valence-corrected chi connectivity index (χ0v) is 15.9. The highest BCUT2D eigenvalue weighted by Gasteiger charge is 2.10. The highest BCUT2D eigenvalue weighted by atomic mass is 79.9. The zero-order valence-electron chi connectivity index (χ0n) is 11.9. The van der Waals surface area contributed by atoms with Crippen molar-refractivity contribution < 1.29 is 0 Å². The van der Waals surface area contributed by atoms with E-state index < -0.39 is 0 Å². The fraction of sp³-hybridized carbons (Fsp3) is 0.143. The van der Waals surface area contributed by atoms with Gasteiger partial charge in [-0.2, -0.15) is 0 Å². The Balaban J connectivity index is 1.93. The van der Waals surface area contributed by atoms with Gasteiger partial charge in [0.15, 0.2) is 5.16 Å². The van der Waals surface area contributed by atoms with Gasteiger partial charge < -0.3 is 10.7 Å². The molecule has 3 rings (SSSR count). The molecule has 3 N–H and O–H groups in total. The van der Waals surface area contributed by atoms with E-state index >= 15 is 0 Å². The van der Waals surface area contributed by atoms with Crippen LogP contribution in [0.5, 0.6) is 0 Å². The van der Waals surface area contributed by atoms with Crippen LogP contribution < -0.4 is 11.3 Å². The van der Waals surface area contributed by atoms with Crippen LogP contribution in [0.4, 0.5) is 5.82 Å². The number of aromatic nitrogens is 4. The van der Waals surface area contributed by atoms with E-state index in [4.69, 9.17) is 5.73 Å². The summed E-state index contributed by atoms with van der Waals surface area (Å²) < 4.78 is 1.57. The largest absolute Gasteiger partial charge is 0.384 e. The number of fused-ring (bicyclic) bond motifs is 1. The van der Waals surface area contributed by atoms with E-state index in [0.29, 0.717) is 33.5 Å². The maximum absolute atomic E-state index is 12.2. The van der Waals surface area contributed by atoms with Crippen LogP contribution in [0, 0.1) is 6.92 Å². The number of aromatic amines is 1. The Morgan fingerprint density at radius 1 is 1.22 bits per heavy atom. The van der Waals surface area contributed by atoms with Crippen molar-refractivity contribution in [3.05, 3.63) is 49.0 Å². The molecule has 2 heterocycles. The van der Waals surface area contributed by atoms with E-state index in [2.05, 4.69) is 51.8 Å². The topological polar surface area (TPSA) is 97.5 Å². The molecule has 2 aromatic heterocycles. The average Bonchev–Trinajstić information content (AvgIpc) is 2.45. The summed E-state index contributed by atoms with van der Waals surface area (Å²) in [5, 5.41) is 1.08. The number of nitrogen functional groups attached to an aromatic ring is 1. The standard InChI is InChI=1S/C14H11Br2N5OS/c1-6-2-10(17)19-14(18-6)23-5-11-20-12-8(13(22)21-11)3-7(15)4-9(12)16/h2-4H,5H2,1H3,(H2,17,18,19)(H,20,21,22). The molecular weight excluding hydrogens is 446 g/mol. The second-order valence-corrected chi connectivity index (χ2v) is 7.51. The minimum atomic E-state index is -0.183. The summed E-state index contributed by atoms with van der Waals surface area (Å²) >= 11 is 8.17. The van der Waals surface area contributed by atoms with E-state index in [1.807, 2.05) is 13.0 Å². The summed E-state index contributed by atoms with van der Waals surface area (Å²) in [7, 11) is 0. The first-order valence-corrected chi connectivity index (χ1v) is 9.11. The van der Waals surface area contributed by atoms with E-state index in [9.17, 15) is 4.79 Å². The molecule has 23 heavy (non-hydrogen) atoms. The maximum atomic E-state index is 12.2. The van der Waals surface area contributed by atoms with Crippen molar-refractivity contribution in [2.75, 3.05) is 5.73 Å². The number of halogens is 2. The fourth-order valence-electron chi connectivity index (χ4n) is 2.04. The number of anilines is 1. The van der Waals surface area contributed by atoms with Gasteiger partial charge in [-0.15, -0.1) is 0 Å². The van der Waals surface area contributed by atoms with Crippen molar-refractivity contribution in [1.82, 2.24) is 19.9 Å². The monoisotopic (exact) mass is 455 g/mol. The average molecular weight is 457 g/mol. The van der Waals surface area contributed by atoms with Crippen LogP contribution in [0.15, 0.2) is 37.1 Å². The Morgan fingerprint density at radius 2 is 2.00 bits per heavy atom. The number of nitrogens with one attached hydrogen (secondary N) is 1. The molecule has 0 saturated heterocycles. The van der Waals surface area contributed by atoms with Crippen LogP contribution in [0.2, 0.25) is 0 Å². The first-order chi connectivity index (χ1) is 10.9. The van der Waals surface area contributed by atoms with E-state index in [1.54, 1.807) is 12.1 Å². The minimum absolute atomic E-state index is 0.183. The number of hydrogen-bond acceptors (Lipinski definition) is 6. The lowest BCUT2D eigenvalue weighted by atomic mass is 10.2.